The summed E-state index contributed by atoms with van der Waals surface area (Å²) < 4.78 is 0. The lowest BCUT2D eigenvalue weighted by Gasteiger charge is -2.19. The van der Waals surface area contributed by atoms with Crippen molar-refractivity contribution >= 4 is 23.1 Å². The molecule has 0 bridgehead atoms. The van der Waals surface area contributed by atoms with Crippen molar-refractivity contribution in [3.05, 3.63) is 102 Å². The van der Waals surface area contributed by atoms with Gasteiger partial charge in [0.15, 0.2) is 0 Å². The maximum atomic E-state index is 13.3. The third-order valence-electron chi connectivity index (χ3n) is 5.30. The molecule has 156 valence electrons. The van der Waals surface area contributed by atoms with Gasteiger partial charge in [0.1, 0.15) is 5.70 Å². The molecule has 5 heteroatoms. The first-order valence-electron chi connectivity index (χ1n) is 10.3. The van der Waals surface area contributed by atoms with Gasteiger partial charge in [-0.1, -0.05) is 69.3 Å². The molecule has 0 saturated carbocycles. The summed E-state index contributed by atoms with van der Waals surface area (Å²) in [6, 6.07) is 22.7. The zero-order valence-electron chi connectivity index (χ0n) is 17.9. The first-order valence-corrected chi connectivity index (χ1v) is 10.3. The van der Waals surface area contributed by atoms with E-state index in [1.54, 1.807) is 18.3 Å². The number of hydrogen-bond acceptors (Lipinski definition) is 4. The van der Waals surface area contributed by atoms with Crippen LogP contribution in [0.15, 0.2) is 84.7 Å². The van der Waals surface area contributed by atoms with Crippen molar-refractivity contribution in [1.29, 1.82) is 0 Å². The third kappa shape index (κ3) is 4.26. The molecule has 2 amide bonds. The first kappa shape index (κ1) is 20.5. The first-order chi connectivity index (χ1) is 14.8. The van der Waals surface area contributed by atoms with Crippen LogP contribution in [0, 0.1) is 0 Å². The molecule has 0 radical (unpaired) electrons. The van der Waals surface area contributed by atoms with Crippen LogP contribution < -0.4 is 5.32 Å². The average Bonchev–Trinajstić information content (AvgIpc) is 2.99. The van der Waals surface area contributed by atoms with Crippen molar-refractivity contribution in [3.63, 3.8) is 0 Å². The van der Waals surface area contributed by atoms with E-state index in [4.69, 9.17) is 0 Å². The number of amides is 2. The van der Waals surface area contributed by atoms with E-state index in [1.165, 1.54) is 10.5 Å². The molecule has 0 fully saturated rings. The minimum atomic E-state index is -0.352. The maximum absolute atomic E-state index is 13.3. The van der Waals surface area contributed by atoms with Crippen LogP contribution in [0.5, 0.6) is 0 Å². The summed E-state index contributed by atoms with van der Waals surface area (Å²) in [7, 11) is 0. The zero-order valence-corrected chi connectivity index (χ0v) is 17.9. The van der Waals surface area contributed by atoms with Gasteiger partial charge in [0.05, 0.1) is 17.8 Å². The van der Waals surface area contributed by atoms with Crippen molar-refractivity contribution < 1.29 is 9.59 Å². The molecular weight excluding hydrogens is 386 g/mol. The second kappa shape index (κ2) is 8.19. The standard InChI is InChI=1S/C26H25N3O2/c1-26(2,3)19-12-14-20(15-13-19)28-23-22(18-9-5-4-6-10-18)24(30)29(25(23)31)17-21-11-7-8-16-27-21/h4-16,28H,17H2,1-3H3. The van der Waals surface area contributed by atoms with Crippen LogP contribution in [0.3, 0.4) is 0 Å². The molecule has 2 aromatic carbocycles. The van der Waals surface area contributed by atoms with Crippen LogP contribution in [-0.4, -0.2) is 21.7 Å². The van der Waals surface area contributed by atoms with E-state index in [0.717, 1.165) is 5.69 Å². The monoisotopic (exact) mass is 411 g/mol. The molecule has 1 aromatic heterocycles. The van der Waals surface area contributed by atoms with Gasteiger partial charge in [-0.2, -0.15) is 0 Å². The fraction of sp³-hybridized carbons (Fsp3) is 0.192. The molecule has 1 aliphatic rings. The highest BCUT2D eigenvalue weighted by Crippen LogP contribution is 2.32. The number of hydrogen-bond donors (Lipinski definition) is 1. The molecule has 0 atom stereocenters. The Bertz CT molecular complexity index is 1130. The number of pyridine rings is 1. The number of imide groups is 1. The van der Waals surface area contributed by atoms with Gasteiger partial charge in [0, 0.05) is 11.9 Å². The van der Waals surface area contributed by atoms with Crippen molar-refractivity contribution in [2.75, 3.05) is 5.32 Å². The molecule has 1 N–H and O–H groups in total. The number of carbonyl (C=O) groups excluding carboxylic acids is 2. The summed E-state index contributed by atoms with van der Waals surface area (Å²) in [6.45, 7) is 6.59. The van der Waals surface area contributed by atoms with E-state index < -0.39 is 0 Å². The Labute approximate surface area is 182 Å². The van der Waals surface area contributed by atoms with E-state index in [9.17, 15) is 9.59 Å². The molecule has 0 aliphatic carbocycles. The highest BCUT2D eigenvalue weighted by Gasteiger charge is 2.39. The second-order valence-corrected chi connectivity index (χ2v) is 8.59. The van der Waals surface area contributed by atoms with Crippen LogP contribution in [0.1, 0.15) is 37.6 Å². The largest absolute Gasteiger partial charge is 0.350 e. The van der Waals surface area contributed by atoms with E-state index in [2.05, 4.69) is 31.1 Å². The Morgan fingerprint density at radius 1 is 0.839 bits per heavy atom. The lowest BCUT2D eigenvalue weighted by atomic mass is 9.87. The second-order valence-electron chi connectivity index (χ2n) is 8.59. The fourth-order valence-corrected chi connectivity index (χ4v) is 3.56. The highest BCUT2D eigenvalue weighted by molar-refractivity contribution is 6.36. The summed E-state index contributed by atoms with van der Waals surface area (Å²) in [6.07, 6.45) is 1.65. The van der Waals surface area contributed by atoms with Gasteiger partial charge in [0.25, 0.3) is 11.8 Å². The minimum absolute atomic E-state index is 0.0334. The van der Waals surface area contributed by atoms with Gasteiger partial charge in [-0.25, -0.2) is 0 Å². The van der Waals surface area contributed by atoms with Gasteiger partial charge >= 0.3 is 0 Å². The molecule has 0 spiro atoms. The number of benzene rings is 2. The van der Waals surface area contributed by atoms with Gasteiger partial charge < -0.3 is 5.32 Å². The van der Waals surface area contributed by atoms with Crippen LogP contribution in [-0.2, 0) is 21.5 Å². The molecule has 4 rings (SSSR count). The highest BCUT2D eigenvalue weighted by atomic mass is 16.2. The summed E-state index contributed by atoms with van der Waals surface area (Å²) in [5, 5.41) is 3.21. The third-order valence-corrected chi connectivity index (χ3v) is 5.30. The summed E-state index contributed by atoms with van der Waals surface area (Å²) in [5.74, 6) is -0.676. The number of carbonyl (C=O) groups is 2. The Kier molecular flexibility index (Phi) is 5.42. The van der Waals surface area contributed by atoms with E-state index in [0.29, 0.717) is 16.8 Å². The fourth-order valence-electron chi connectivity index (χ4n) is 3.56. The Balaban J connectivity index is 1.69. The van der Waals surface area contributed by atoms with Gasteiger partial charge in [0.2, 0.25) is 0 Å². The smallest absolute Gasteiger partial charge is 0.278 e. The Morgan fingerprint density at radius 3 is 2.13 bits per heavy atom. The molecule has 0 unspecified atom stereocenters. The number of rotatable bonds is 5. The Hall–Kier alpha value is -3.73. The Morgan fingerprint density at radius 2 is 1.52 bits per heavy atom. The molecule has 3 aromatic rings. The zero-order chi connectivity index (χ0) is 22.0. The van der Waals surface area contributed by atoms with E-state index >= 15 is 0 Å². The van der Waals surface area contributed by atoms with Crippen LogP contribution in [0.25, 0.3) is 5.57 Å². The van der Waals surface area contributed by atoms with Crippen molar-refractivity contribution in [2.45, 2.75) is 32.7 Å². The molecule has 2 heterocycles. The maximum Gasteiger partial charge on any atom is 0.278 e. The topological polar surface area (TPSA) is 62.3 Å². The molecule has 0 saturated heterocycles. The average molecular weight is 412 g/mol. The molecule has 31 heavy (non-hydrogen) atoms. The molecule has 1 aliphatic heterocycles. The molecular formula is C26H25N3O2. The van der Waals surface area contributed by atoms with Gasteiger partial charge in [-0.05, 0) is 40.8 Å². The minimum Gasteiger partial charge on any atom is -0.350 e. The van der Waals surface area contributed by atoms with Crippen molar-refractivity contribution in [2.24, 2.45) is 0 Å². The summed E-state index contributed by atoms with van der Waals surface area (Å²) >= 11 is 0. The predicted molar refractivity (Wildman–Crippen MR) is 122 cm³/mol. The number of nitrogens with one attached hydrogen (secondary N) is 1. The number of anilines is 1. The number of aromatic nitrogens is 1. The quantitative estimate of drug-likeness (QED) is 0.614. The van der Waals surface area contributed by atoms with Crippen LogP contribution >= 0.6 is 0 Å². The van der Waals surface area contributed by atoms with Crippen LogP contribution in [0.4, 0.5) is 5.69 Å². The summed E-state index contributed by atoms with van der Waals surface area (Å²) in [4.78, 5) is 32.1. The lowest BCUT2D eigenvalue weighted by Crippen LogP contribution is -2.32. The van der Waals surface area contributed by atoms with Crippen LogP contribution in [0.2, 0.25) is 0 Å². The number of nitrogens with zero attached hydrogens (tertiary/aromatic N) is 2. The van der Waals surface area contributed by atoms with Gasteiger partial charge in [-0.3, -0.25) is 19.5 Å². The lowest BCUT2D eigenvalue weighted by molar-refractivity contribution is -0.137. The van der Waals surface area contributed by atoms with E-state index in [-0.39, 0.29) is 29.5 Å². The van der Waals surface area contributed by atoms with Crippen molar-refractivity contribution in [3.8, 4) is 0 Å². The van der Waals surface area contributed by atoms with Crippen molar-refractivity contribution in [1.82, 2.24) is 9.88 Å². The predicted octanol–water partition coefficient (Wildman–Crippen LogP) is 4.77. The SMILES string of the molecule is CC(C)(C)c1ccc(NC2=C(c3ccccc3)C(=O)N(Cc3ccccn3)C2=O)cc1. The van der Waals surface area contributed by atoms with E-state index in [1.807, 2.05) is 60.7 Å². The molecule has 5 nitrogen and oxygen atoms in total. The summed E-state index contributed by atoms with van der Waals surface area (Å²) in [5.41, 5.74) is 4.02. The normalized spacial score (nSPS) is 14.4. The van der Waals surface area contributed by atoms with Gasteiger partial charge in [-0.15, -0.1) is 0 Å².